The van der Waals surface area contributed by atoms with Crippen LogP contribution in [-0.4, -0.2) is 93.5 Å². The summed E-state index contributed by atoms with van der Waals surface area (Å²) in [4.78, 5) is 1.35. The largest absolute Gasteiger partial charge is 0.382 e. The van der Waals surface area contributed by atoms with Crippen molar-refractivity contribution in [2.75, 3.05) is 93.5 Å². The van der Waals surface area contributed by atoms with Crippen LogP contribution in [0.1, 0.15) is 10.6 Å². The van der Waals surface area contributed by atoms with Gasteiger partial charge in [0.1, 0.15) is 6.61 Å². The first-order valence-corrected chi connectivity index (χ1v) is 11.0. The van der Waals surface area contributed by atoms with Gasteiger partial charge >= 0.3 is 0 Å². The minimum Gasteiger partial charge on any atom is -0.382 e. The molecule has 1 aromatic rings. The summed E-state index contributed by atoms with van der Waals surface area (Å²) < 4.78 is 39.5. The van der Waals surface area contributed by atoms with E-state index >= 15 is 0 Å². The second kappa shape index (κ2) is 19.3. The van der Waals surface area contributed by atoms with Crippen LogP contribution >= 0.6 is 11.3 Å². The monoisotopic (exact) mass is 436 g/mol. The molecule has 0 aliphatic heterocycles. The molecule has 0 unspecified atom stereocenters. The lowest BCUT2D eigenvalue weighted by atomic mass is 10.3. The van der Waals surface area contributed by atoms with E-state index < -0.39 is 0 Å². The Morgan fingerprint density at radius 1 is 0.655 bits per heavy atom. The minimum atomic E-state index is 0.582. The summed E-state index contributed by atoms with van der Waals surface area (Å²) in [7, 11) is 3.33. The summed E-state index contributed by atoms with van der Waals surface area (Å²) in [5, 5.41) is 0. The third-order valence-corrected chi connectivity index (χ3v) is 5.23. The number of ether oxygens (including phenoxy) is 7. The first-order valence-electron chi connectivity index (χ1n) is 10.1. The summed E-state index contributed by atoms with van der Waals surface area (Å²) in [5.41, 5.74) is 3.43. The molecule has 1 aromatic heterocycles. The smallest absolute Gasteiger partial charge is 0.225 e. The average Bonchev–Trinajstić information content (AvgIpc) is 3.08. The zero-order valence-corrected chi connectivity index (χ0v) is 19.0. The van der Waals surface area contributed by atoms with Crippen molar-refractivity contribution in [3.05, 3.63) is 16.1 Å². The Hall–Kier alpha value is -0.650. The molecule has 0 fully saturated rings. The molecule has 170 valence electrons. The lowest BCUT2D eigenvalue weighted by Crippen LogP contribution is -2.37. The molecule has 0 amide bonds. The molecule has 0 aliphatic rings. The van der Waals surface area contributed by atoms with Gasteiger partial charge < -0.3 is 33.2 Å². The second-order valence-corrected chi connectivity index (χ2v) is 7.16. The molecule has 1 heterocycles. The predicted octanol–water partition coefficient (Wildman–Crippen LogP) is 1.26. The molecule has 8 nitrogen and oxygen atoms in total. The molecule has 0 radical (unpaired) electrons. The molecule has 0 spiro atoms. The van der Waals surface area contributed by atoms with Gasteiger partial charge in [-0.3, -0.25) is 0 Å². The quantitative estimate of drug-likeness (QED) is 0.212. The summed E-state index contributed by atoms with van der Waals surface area (Å²) in [6, 6.07) is 0. The van der Waals surface area contributed by atoms with Crippen molar-refractivity contribution in [1.82, 2.24) is 0 Å². The number of hydrogen-bond acceptors (Lipinski definition) is 8. The van der Waals surface area contributed by atoms with Crippen molar-refractivity contribution in [2.45, 2.75) is 19.9 Å². The van der Waals surface area contributed by atoms with E-state index in [2.05, 4.69) is 17.0 Å². The number of hydrogen-bond donors (Lipinski definition) is 0. The lowest BCUT2D eigenvalue weighted by molar-refractivity contribution is -0.699. The third-order valence-electron chi connectivity index (χ3n) is 4.09. The zero-order valence-electron chi connectivity index (χ0n) is 18.2. The fourth-order valence-corrected chi connectivity index (χ4v) is 3.40. The van der Waals surface area contributed by atoms with E-state index in [-0.39, 0.29) is 0 Å². The molecule has 0 aliphatic carbocycles. The highest BCUT2D eigenvalue weighted by Gasteiger charge is 2.14. The number of methoxy groups -OCH3 is 2. The molecule has 0 saturated carbocycles. The zero-order chi connectivity index (χ0) is 21.0. The van der Waals surface area contributed by atoms with Gasteiger partial charge in [0.25, 0.3) is 0 Å². The fraction of sp³-hybridized carbons (Fsp3) is 0.850. The second-order valence-electron chi connectivity index (χ2n) is 6.22. The van der Waals surface area contributed by atoms with E-state index in [4.69, 9.17) is 33.2 Å². The maximum atomic E-state index is 5.66. The van der Waals surface area contributed by atoms with Gasteiger partial charge in [-0.2, -0.15) is 4.57 Å². The SMILES string of the molecule is COCCOCCOCCOCCc1sc[n+](CCOCCOCCOC)c1C. The predicted molar refractivity (Wildman–Crippen MR) is 111 cm³/mol. The molecule has 0 N–H and O–H groups in total. The van der Waals surface area contributed by atoms with Crippen LogP contribution in [0.15, 0.2) is 5.51 Å². The maximum absolute atomic E-state index is 5.66. The van der Waals surface area contributed by atoms with Crippen LogP contribution in [0, 0.1) is 6.92 Å². The molecule has 0 aromatic carbocycles. The Labute approximate surface area is 179 Å². The number of aromatic nitrogens is 1. The molecular weight excluding hydrogens is 398 g/mol. The van der Waals surface area contributed by atoms with Gasteiger partial charge in [0.05, 0.1) is 77.6 Å². The summed E-state index contributed by atoms with van der Waals surface area (Å²) in [5.74, 6) is 0. The van der Waals surface area contributed by atoms with E-state index in [1.807, 2.05) is 0 Å². The van der Waals surface area contributed by atoms with Gasteiger partial charge in [-0.1, -0.05) is 11.3 Å². The lowest BCUT2D eigenvalue weighted by Gasteiger charge is -2.06. The van der Waals surface area contributed by atoms with Crippen molar-refractivity contribution in [3.63, 3.8) is 0 Å². The normalized spacial score (nSPS) is 11.4. The topological polar surface area (TPSA) is 68.5 Å². The molecule has 29 heavy (non-hydrogen) atoms. The Bertz CT molecular complexity index is 487. The Morgan fingerprint density at radius 3 is 1.62 bits per heavy atom. The summed E-state index contributed by atoms with van der Waals surface area (Å²) >= 11 is 1.77. The highest BCUT2D eigenvalue weighted by molar-refractivity contribution is 7.09. The number of nitrogens with zero attached hydrogens (tertiary/aromatic N) is 1. The first kappa shape index (κ1) is 26.4. The Kier molecular flexibility index (Phi) is 17.6. The molecule has 1 rings (SSSR count). The standard InChI is InChI=1S/C20H38NO7S/c1-19-20(4-6-24-12-14-28-17-16-27-11-9-23-3)29-18-21(19)5-7-25-13-15-26-10-8-22-2/h18H,4-17H2,1-3H3/q+1. The van der Waals surface area contributed by atoms with Crippen LogP contribution in [0.2, 0.25) is 0 Å². The minimum absolute atomic E-state index is 0.582. The van der Waals surface area contributed by atoms with Crippen LogP contribution in [0.5, 0.6) is 0 Å². The van der Waals surface area contributed by atoms with Crippen LogP contribution in [-0.2, 0) is 46.1 Å². The van der Waals surface area contributed by atoms with E-state index in [9.17, 15) is 0 Å². The van der Waals surface area contributed by atoms with Crippen LogP contribution < -0.4 is 4.57 Å². The van der Waals surface area contributed by atoms with E-state index in [1.54, 1.807) is 25.6 Å². The van der Waals surface area contributed by atoms with Gasteiger partial charge in [0.15, 0.2) is 12.2 Å². The van der Waals surface area contributed by atoms with Crippen LogP contribution in [0.25, 0.3) is 0 Å². The van der Waals surface area contributed by atoms with Crippen molar-refractivity contribution >= 4 is 11.3 Å². The van der Waals surface area contributed by atoms with Crippen molar-refractivity contribution in [2.24, 2.45) is 0 Å². The van der Waals surface area contributed by atoms with Crippen LogP contribution in [0.3, 0.4) is 0 Å². The number of rotatable bonds is 21. The molecule has 0 saturated heterocycles. The van der Waals surface area contributed by atoms with E-state index in [1.165, 1.54) is 10.6 Å². The Balaban J connectivity index is 1.98. The fourth-order valence-electron chi connectivity index (χ4n) is 2.39. The van der Waals surface area contributed by atoms with Gasteiger partial charge in [0, 0.05) is 27.6 Å². The maximum Gasteiger partial charge on any atom is 0.225 e. The van der Waals surface area contributed by atoms with Gasteiger partial charge in [-0.05, 0) is 0 Å². The molecule has 0 bridgehead atoms. The highest BCUT2D eigenvalue weighted by atomic mass is 32.1. The van der Waals surface area contributed by atoms with Gasteiger partial charge in [0.2, 0.25) is 5.51 Å². The van der Waals surface area contributed by atoms with Crippen molar-refractivity contribution < 1.29 is 37.7 Å². The first-order chi connectivity index (χ1) is 14.3. The van der Waals surface area contributed by atoms with Crippen LogP contribution in [0.4, 0.5) is 0 Å². The third kappa shape index (κ3) is 14.1. The number of thiazole rings is 1. The van der Waals surface area contributed by atoms with Crippen molar-refractivity contribution in [3.8, 4) is 0 Å². The summed E-state index contributed by atoms with van der Waals surface area (Å²) in [6.07, 6.45) is 0.915. The Morgan fingerprint density at radius 2 is 1.10 bits per heavy atom. The van der Waals surface area contributed by atoms with Gasteiger partial charge in [-0.15, -0.1) is 0 Å². The van der Waals surface area contributed by atoms with Gasteiger partial charge in [-0.25, -0.2) is 0 Å². The highest BCUT2D eigenvalue weighted by Crippen LogP contribution is 2.11. The van der Waals surface area contributed by atoms with Crippen molar-refractivity contribution in [1.29, 1.82) is 0 Å². The van der Waals surface area contributed by atoms with E-state index in [0.717, 1.165) is 13.0 Å². The average molecular weight is 437 g/mol. The molecule has 9 heteroatoms. The van der Waals surface area contributed by atoms with E-state index in [0.29, 0.717) is 79.3 Å². The molecule has 0 atom stereocenters. The molecular formula is C20H38NO7S+. The summed E-state index contributed by atoms with van der Waals surface area (Å²) in [6.45, 7) is 10.4.